The molecule has 0 unspecified atom stereocenters. The van der Waals surface area contributed by atoms with Gasteiger partial charge in [0.05, 0.1) is 6.04 Å². The Bertz CT molecular complexity index is 566. The smallest absolute Gasteiger partial charge is 0.128 e. The number of furan rings is 1. The number of pyridine rings is 1. The molecular formula is C17H23N3O. The maximum Gasteiger partial charge on any atom is 0.128 e. The van der Waals surface area contributed by atoms with Crippen molar-refractivity contribution < 1.29 is 4.42 Å². The van der Waals surface area contributed by atoms with Crippen molar-refractivity contribution in [3.05, 3.63) is 48.0 Å². The number of nitrogens with one attached hydrogen (secondary N) is 1. The molecule has 4 nitrogen and oxygen atoms in total. The summed E-state index contributed by atoms with van der Waals surface area (Å²) in [5.74, 6) is 3.16. The molecule has 2 aromatic heterocycles. The van der Waals surface area contributed by atoms with Crippen LogP contribution in [0.2, 0.25) is 0 Å². The highest BCUT2D eigenvalue weighted by atomic mass is 16.3. The maximum atomic E-state index is 5.83. The zero-order valence-electron chi connectivity index (χ0n) is 12.7. The molecule has 21 heavy (non-hydrogen) atoms. The number of aryl methyl sites for hydroxylation is 1. The number of rotatable bonds is 5. The van der Waals surface area contributed by atoms with Crippen LogP contribution in [0.4, 0.5) is 5.82 Å². The molecule has 0 amide bonds. The van der Waals surface area contributed by atoms with Crippen LogP contribution in [-0.4, -0.2) is 24.1 Å². The van der Waals surface area contributed by atoms with Crippen molar-refractivity contribution in [2.45, 2.75) is 38.8 Å². The molecule has 0 aromatic carbocycles. The molecule has 0 saturated carbocycles. The minimum Gasteiger partial charge on any atom is -0.464 e. The molecule has 0 spiro atoms. The van der Waals surface area contributed by atoms with E-state index < -0.39 is 0 Å². The number of hydrogen-bond acceptors (Lipinski definition) is 4. The molecule has 0 radical (unpaired) electrons. The summed E-state index contributed by atoms with van der Waals surface area (Å²) in [7, 11) is 0. The van der Waals surface area contributed by atoms with Crippen molar-refractivity contribution in [1.29, 1.82) is 0 Å². The van der Waals surface area contributed by atoms with Crippen molar-refractivity contribution in [3.8, 4) is 0 Å². The molecule has 1 saturated heterocycles. The van der Waals surface area contributed by atoms with Crippen LogP contribution in [0.5, 0.6) is 0 Å². The molecule has 3 rings (SSSR count). The van der Waals surface area contributed by atoms with Gasteiger partial charge in [-0.25, -0.2) is 4.98 Å². The van der Waals surface area contributed by atoms with Crippen molar-refractivity contribution in [1.82, 2.24) is 10.3 Å². The van der Waals surface area contributed by atoms with Gasteiger partial charge in [-0.2, -0.15) is 0 Å². The molecule has 2 aromatic rings. The molecule has 2 atom stereocenters. The second-order valence-corrected chi connectivity index (χ2v) is 5.67. The zero-order valence-corrected chi connectivity index (χ0v) is 12.7. The third-order valence-electron chi connectivity index (χ3n) is 4.10. The number of aromatic nitrogens is 1. The summed E-state index contributed by atoms with van der Waals surface area (Å²) in [6.07, 6.45) is 3.94. The van der Waals surface area contributed by atoms with E-state index in [2.05, 4.69) is 47.2 Å². The predicted molar refractivity (Wildman–Crippen MR) is 84.5 cm³/mol. The van der Waals surface area contributed by atoms with E-state index in [0.717, 1.165) is 43.3 Å². The Morgan fingerprint density at radius 2 is 2.29 bits per heavy atom. The van der Waals surface area contributed by atoms with E-state index in [-0.39, 0.29) is 6.04 Å². The number of hydrogen-bond donors (Lipinski definition) is 1. The highest BCUT2D eigenvalue weighted by Gasteiger charge is 2.25. The van der Waals surface area contributed by atoms with Crippen LogP contribution in [-0.2, 0) is 6.42 Å². The maximum absolute atomic E-state index is 5.83. The number of anilines is 1. The molecule has 1 fully saturated rings. The molecule has 3 heterocycles. The minimum absolute atomic E-state index is 0.249. The Morgan fingerprint density at radius 3 is 3.00 bits per heavy atom. The zero-order chi connectivity index (χ0) is 14.7. The Labute approximate surface area is 126 Å². The molecule has 1 aliphatic heterocycles. The fourth-order valence-corrected chi connectivity index (χ4v) is 2.90. The van der Waals surface area contributed by atoms with Crippen LogP contribution in [0.15, 0.2) is 40.9 Å². The van der Waals surface area contributed by atoms with Gasteiger partial charge in [0.25, 0.3) is 0 Å². The second-order valence-electron chi connectivity index (χ2n) is 5.67. The summed E-state index contributed by atoms with van der Waals surface area (Å²) in [5.41, 5.74) is 0. The SMILES string of the molecule is CCc1ccc([C@@H](C)N[C@H]2CCN(c3ccccn3)C2)o1. The lowest BCUT2D eigenvalue weighted by atomic mass is 10.2. The van der Waals surface area contributed by atoms with Crippen LogP contribution >= 0.6 is 0 Å². The van der Waals surface area contributed by atoms with Crippen molar-refractivity contribution >= 4 is 5.82 Å². The molecule has 1 N–H and O–H groups in total. The van der Waals surface area contributed by atoms with Gasteiger partial charge in [-0.05, 0) is 37.6 Å². The molecule has 1 aliphatic rings. The summed E-state index contributed by atoms with van der Waals surface area (Å²) in [5, 5.41) is 3.67. The Balaban J connectivity index is 1.57. The lowest BCUT2D eigenvalue weighted by Gasteiger charge is -2.20. The first kappa shape index (κ1) is 14.1. The fraction of sp³-hybridized carbons (Fsp3) is 0.471. The topological polar surface area (TPSA) is 41.3 Å². The average Bonchev–Trinajstić information content (AvgIpc) is 3.17. The Morgan fingerprint density at radius 1 is 1.38 bits per heavy atom. The van der Waals surface area contributed by atoms with Gasteiger partial charge >= 0.3 is 0 Å². The van der Waals surface area contributed by atoms with Crippen LogP contribution in [0, 0.1) is 0 Å². The van der Waals surface area contributed by atoms with Crippen LogP contribution in [0.3, 0.4) is 0 Å². The van der Waals surface area contributed by atoms with Crippen LogP contribution < -0.4 is 10.2 Å². The Kier molecular flexibility index (Phi) is 4.25. The third kappa shape index (κ3) is 3.27. The summed E-state index contributed by atoms with van der Waals surface area (Å²) in [4.78, 5) is 6.76. The van der Waals surface area contributed by atoms with Crippen LogP contribution in [0.1, 0.15) is 37.8 Å². The third-order valence-corrected chi connectivity index (χ3v) is 4.10. The van der Waals surface area contributed by atoms with E-state index in [1.807, 2.05) is 18.3 Å². The fourth-order valence-electron chi connectivity index (χ4n) is 2.90. The van der Waals surface area contributed by atoms with Crippen molar-refractivity contribution in [2.75, 3.05) is 18.0 Å². The summed E-state index contributed by atoms with van der Waals surface area (Å²) in [6, 6.07) is 11.0. The lowest BCUT2D eigenvalue weighted by molar-refractivity contribution is 0.384. The van der Waals surface area contributed by atoms with Gasteiger partial charge in [0, 0.05) is 31.7 Å². The second kappa shape index (κ2) is 6.31. The van der Waals surface area contributed by atoms with E-state index >= 15 is 0 Å². The van der Waals surface area contributed by atoms with Crippen molar-refractivity contribution in [3.63, 3.8) is 0 Å². The molecular weight excluding hydrogens is 262 g/mol. The first-order valence-corrected chi connectivity index (χ1v) is 7.77. The van der Waals surface area contributed by atoms with Gasteiger partial charge in [0.2, 0.25) is 0 Å². The summed E-state index contributed by atoms with van der Waals surface area (Å²) < 4.78 is 5.83. The van der Waals surface area contributed by atoms with E-state index in [0.29, 0.717) is 6.04 Å². The average molecular weight is 285 g/mol. The van der Waals surface area contributed by atoms with Gasteiger partial charge in [-0.3, -0.25) is 0 Å². The van der Waals surface area contributed by atoms with E-state index in [1.54, 1.807) is 0 Å². The molecule has 0 bridgehead atoms. The largest absolute Gasteiger partial charge is 0.464 e. The van der Waals surface area contributed by atoms with Crippen molar-refractivity contribution in [2.24, 2.45) is 0 Å². The molecule has 0 aliphatic carbocycles. The summed E-state index contributed by atoms with van der Waals surface area (Å²) >= 11 is 0. The van der Waals surface area contributed by atoms with Gasteiger partial charge in [-0.1, -0.05) is 13.0 Å². The van der Waals surface area contributed by atoms with E-state index in [1.165, 1.54) is 0 Å². The Hall–Kier alpha value is -1.81. The minimum atomic E-state index is 0.249. The molecule has 4 heteroatoms. The predicted octanol–water partition coefficient (Wildman–Crippen LogP) is 3.17. The van der Waals surface area contributed by atoms with Gasteiger partial charge in [0.15, 0.2) is 0 Å². The highest BCUT2D eigenvalue weighted by Crippen LogP contribution is 2.21. The highest BCUT2D eigenvalue weighted by molar-refractivity contribution is 5.39. The van der Waals surface area contributed by atoms with Gasteiger partial charge < -0.3 is 14.6 Å². The van der Waals surface area contributed by atoms with E-state index in [9.17, 15) is 0 Å². The first-order valence-electron chi connectivity index (χ1n) is 7.77. The standard InChI is InChI=1S/C17H23N3O/c1-3-15-7-8-16(21-15)13(2)19-14-9-11-20(12-14)17-6-4-5-10-18-17/h4-8,10,13-14,19H,3,9,11-12H2,1-2H3/t13-,14+/m1/s1. The summed E-state index contributed by atoms with van der Waals surface area (Å²) in [6.45, 7) is 6.34. The normalized spacial score (nSPS) is 19.9. The van der Waals surface area contributed by atoms with Gasteiger partial charge in [-0.15, -0.1) is 0 Å². The number of nitrogens with zero attached hydrogens (tertiary/aromatic N) is 2. The monoisotopic (exact) mass is 285 g/mol. The lowest BCUT2D eigenvalue weighted by Crippen LogP contribution is -2.34. The van der Waals surface area contributed by atoms with Crippen LogP contribution in [0.25, 0.3) is 0 Å². The first-order chi connectivity index (χ1) is 10.3. The van der Waals surface area contributed by atoms with Gasteiger partial charge in [0.1, 0.15) is 17.3 Å². The quantitative estimate of drug-likeness (QED) is 0.916. The molecule has 112 valence electrons. The van der Waals surface area contributed by atoms with E-state index in [4.69, 9.17) is 4.42 Å².